The standard InChI is InChI=1S/C31H32N2O12/c1-4-33-30-26(38)16(32)11-19(45-30)44-29-21-15(9-10-31(29,41)18(35)12-43-13(3)34)25(37)22-23(28(21)40)27(39)20-14(24(22)36)7-6-8-17(20)42-5-2/h4-8,16,19,26,29-30,33,37-38,40-41H,1-2,9-12,32H2,3H3/t16?,19?,26?,29-,30?,31-/m0/s1. The van der Waals surface area contributed by atoms with Crippen molar-refractivity contribution in [1.82, 2.24) is 5.32 Å². The number of aliphatic hydroxyl groups is 2. The number of Topliss-reactive ketones (excluding diaryl/α,β-unsaturated/α-hetero) is 1. The van der Waals surface area contributed by atoms with Crippen molar-refractivity contribution in [3.8, 4) is 17.2 Å². The van der Waals surface area contributed by atoms with Gasteiger partial charge in [-0.3, -0.25) is 19.2 Å². The monoisotopic (exact) mass is 624 g/mol. The van der Waals surface area contributed by atoms with E-state index in [1.54, 1.807) is 0 Å². The number of phenolic OH excluding ortho intramolecular Hbond substituents is 2. The minimum absolute atomic E-state index is 0.0344. The molecular weight excluding hydrogens is 592 g/mol. The van der Waals surface area contributed by atoms with E-state index in [0.717, 1.165) is 13.2 Å². The number of nitrogens with one attached hydrogen (secondary N) is 1. The normalized spacial score (nSPS) is 27.0. The van der Waals surface area contributed by atoms with Gasteiger partial charge in [-0.15, -0.1) is 0 Å². The molecular formula is C31H32N2O12. The Morgan fingerprint density at radius 2 is 1.87 bits per heavy atom. The molecule has 3 aliphatic rings. The zero-order valence-corrected chi connectivity index (χ0v) is 24.1. The Morgan fingerprint density at radius 3 is 2.53 bits per heavy atom. The van der Waals surface area contributed by atoms with E-state index in [9.17, 15) is 39.6 Å². The van der Waals surface area contributed by atoms with Crippen LogP contribution in [0.5, 0.6) is 17.2 Å². The van der Waals surface area contributed by atoms with Gasteiger partial charge in [0.2, 0.25) is 11.6 Å². The second kappa shape index (κ2) is 12.1. The number of aliphatic hydroxyl groups excluding tert-OH is 1. The summed E-state index contributed by atoms with van der Waals surface area (Å²) < 4.78 is 22.1. The maximum atomic E-state index is 13.9. The summed E-state index contributed by atoms with van der Waals surface area (Å²) in [5.41, 5.74) is 1.82. The summed E-state index contributed by atoms with van der Waals surface area (Å²) in [7, 11) is 0. The minimum atomic E-state index is -2.50. The molecule has 14 nitrogen and oxygen atoms in total. The third-order valence-electron chi connectivity index (χ3n) is 8.18. The Balaban J connectivity index is 1.68. The minimum Gasteiger partial charge on any atom is -0.507 e. The number of ether oxygens (including phenoxy) is 4. The van der Waals surface area contributed by atoms with Crippen LogP contribution in [0.4, 0.5) is 0 Å². The number of nitrogens with two attached hydrogens (primary N) is 1. The fourth-order valence-electron chi connectivity index (χ4n) is 6.00. The Labute approximate surface area is 256 Å². The van der Waals surface area contributed by atoms with Gasteiger partial charge in [0, 0.05) is 36.1 Å². The Hall–Kier alpha value is -4.60. The van der Waals surface area contributed by atoms with Gasteiger partial charge in [0.1, 0.15) is 29.5 Å². The largest absolute Gasteiger partial charge is 0.507 e. The van der Waals surface area contributed by atoms with E-state index in [2.05, 4.69) is 18.5 Å². The first-order valence-corrected chi connectivity index (χ1v) is 14.0. The number of fused-ring (bicyclic) bond motifs is 3. The highest BCUT2D eigenvalue weighted by Crippen LogP contribution is 2.53. The number of esters is 1. The van der Waals surface area contributed by atoms with Crippen LogP contribution in [0.15, 0.2) is 43.8 Å². The van der Waals surface area contributed by atoms with E-state index in [1.807, 2.05) is 0 Å². The molecule has 6 atom stereocenters. The Kier molecular flexibility index (Phi) is 8.53. The van der Waals surface area contributed by atoms with Gasteiger partial charge in [0.25, 0.3) is 0 Å². The lowest BCUT2D eigenvalue weighted by Gasteiger charge is -2.44. The highest BCUT2D eigenvalue weighted by atomic mass is 16.7. The van der Waals surface area contributed by atoms with Crippen LogP contribution in [0.25, 0.3) is 0 Å². The SMILES string of the molecule is C=CNC1OC(O[C@H]2c3c(O)c4c(c(O)c3CC[C@]2(O)C(=O)COC(C)=O)C(=O)c2cccc(OC=C)c2C4=O)CC(N)C1O. The van der Waals surface area contributed by atoms with Gasteiger partial charge in [-0.25, -0.2) is 0 Å². The van der Waals surface area contributed by atoms with Crippen LogP contribution < -0.4 is 15.8 Å². The molecule has 2 aromatic carbocycles. The summed E-state index contributed by atoms with van der Waals surface area (Å²) in [6, 6.07) is 3.34. The van der Waals surface area contributed by atoms with Crippen molar-refractivity contribution in [1.29, 1.82) is 0 Å². The van der Waals surface area contributed by atoms with Gasteiger partial charge in [-0.1, -0.05) is 25.3 Å². The smallest absolute Gasteiger partial charge is 0.303 e. The highest BCUT2D eigenvalue weighted by molar-refractivity contribution is 6.31. The molecule has 0 saturated carbocycles. The Bertz CT molecular complexity index is 1620. The molecule has 1 aliphatic heterocycles. The van der Waals surface area contributed by atoms with Crippen LogP contribution in [0.1, 0.15) is 68.8 Å². The Morgan fingerprint density at radius 1 is 1.16 bits per heavy atom. The van der Waals surface area contributed by atoms with E-state index in [1.165, 1.54) is 24.4 Å². The van der Waals surface area contributed by atoms with Gasteiger partial charge < -0.3 is 50.4 Å². The number of ketones is 3. The maximum absolute atomic E-state index is 13.9. The summed E-state index contributed by atoms with van der Waals surface area (Å²) in [6.45, 7) is 7.20. The summed E-state index contributed by atoms with van der Waals surface area (Å²) in [5, 5.41) is 48.2. The van der Waals surface area contributed by atoms with Crippen molar-refractivity contribution in [2.24, 2.45) is 5.73 Å². The topological polar surface area (TPSA) is 224 Å². The van der Waals surface area contributed by atoms with E-state index < -0.39 is 95.3 Å². The number of hydrogen-bond donors (Lipinski definition) is 6. The highest BCUT2D eigenvalue weighted by Gasteiger charge is 2.54. The van der Waals surface area contributed by atoms with Crippen LogP contribution in [-0.4, -0.2) is 80.6 Å². The van der Waals surface area contributed by atoms with Crippen LogP contribution >= 0.6 is 0 Å². The summed E-state index contributed by atoms with van der Waals surface area (Å²) >= 11 is 0. The maximum Gasteiger partial charge on any atom is 0.303 e. The molecule has 2 aromatic rings. The third kappa shape index (κ3) is 5.26. The van der Waals surface area contributed by atoms with Crippen LogP contribution in [0.3, 0.4) is 0 Å². The summed E-state index contributed by atoms with van der Waals surface area (Å²) in [4.78, 5) is 52.5. The first-order chi connectivity index (χ1) is 21.3. The van der Waals surface area contributed by atoms with Crippen LogP contribution in [-0.2, 0) is 30.2 Å². The molecule has 2 aliphatic carbocycles. The lowest BCUT2D eigenvalue weighted by molar-refractivity contribution is -0.271. The number of benzene rings is 2. The van der Waals surface area contributed by atoms with Crippen molar-refractivity contribution in [3.63, 3.8) is 0 Å². The zero-order chi connectivity index (χ0) is 32.8. The molecule has 14 heteroatoms. The molecule has 5 rings (SSSR count). The number of carbonyl (C=O) groups excluding carboxylic acids is 4. The summed E-state index contributed by atoms with van der Waals surface area (Å²) in [5.74, 6) is -5.00. The molecule has 0 radical (unpaired) electrons. The van der Waals surface area contributed by atoms with Gasteiger partial charge in [-0.05, 0) is 25.1 Å². The number of aromatic hydroxyl groups is 2. The average Bonchev–Trinajstić information content (AvgIpc) is 3.00. The van der Waals surface area contributed by atoms with E-state index in [0.29, 0.717) is 0 Å². The molecule has 1 fully saturated rings. The van der Waals surface area contributed by atoms with Crippen molar-refractivity contribution in [2.75, 3.05) is 6.61 Å². The first kappa shape index (κ1) is 31.8. The van der Waals surface area contributed by atoms with Crippen LogP contribution in [0, 0.1) is 0 Å². The number of hydrogen-bond acceptors (Lipinski definition) is 14. The lowest BCUT2D eigenvalue weighted by atomic mass is 9.71. The lowest BCUT2D eigenvalue weighted by Crippen LogP contribution is -2.58. The summed E-state index contributed by atoms with van der Waals surface area (Å²) in [6.07, 6.45) is -4.02. The van der Waals surface area contributed by atoms with E-state index in [4.69, 9.17) is 24.7 Å². The van der Waals surface area contributed by atoms with Crippen molar-refractivity contribution in [2.45, 2.75) is 62.6 Å². The number of carbonyl (C=O) groups is 4. The van der Waals surface area contributed by atoms with Crippen molar-refractivity contribution >= 4 is 23.3 Å². The van der Waals surface area contributed by atoms with Crippen LogP contribution in [0.2, 0.25) is 0 Å². The predicted molar refractivity (Wildman–Crippen MR) is 153 cm³/mol. The van der Waals surface area contributed by atoms with Gasteiger partial charge in [-0.2, -0.15) is 0 Å². The van der Waals surface area contributed by atoms with E-state index in [-0.39, 0.29) is 40.8 Å². The molecule has 238 valence electrons. The molecule has 0 amide bonds. The van der Waals surface area contributed by atoms with Gasteiger partial charge in [0.15, 0.2) is 30.5 Å². The fraction of sp³-hybridized carbons (Fsp3) is 0.355. The predicted octanol–water partition coefficient (Wildman–Crippen LogP) is 0.756. The van der Waals surface area contributed by atoms with Gasteiger partial charge in [0.05, 0.1) is 23.0 Å². The third-order valence-corrected chi connectivity index (χ3v) is 8.18. The molecule has 0 bridgehead atoms. The molecule has 1 heterocycles. The molecule has 7 N–H and O–H groups in total. The van der Waals surface area contributed by atoms with E-state index >= 15 is 0 Å². The number of rotatable bonds is 9. The van der Waals surface area contributed by atoms with Crippen molar-refractivity contribution in [3.05, 3.63) is 77.2 Å². The first-order valence-electron chi connectivity index (χ1n) is 14.0. The molecule has 1 saturated heterocycles. The molecule has 4 unspecified atom stereocenters. The zero-order valence-electron chi connectivity index (χ0n) is 24.1. The molecule has 0 spiro atoms. The second-order valence-corrected chi connectivity index (χ2v) is 10.9. The number of phenols is 2. The molecule has 45 heavy (non-hydrogen) atoms. The van der Waals surface area contributed by atoms with Gasteiger partial charge >= 0.3 is 5.97 Å². The quantitative estimate of drug-likeness (QED) is 0.110. The fourth-order valence-corrected chi connectivity index (χ4v) is 6.00. The second-order valence-electron chi connectivity index (χ2n) is 10.9. The molecule has 0 aromatic heterocycles. The average molecular weight is 625 g/mol. The van der Waals surface area contributed by atoms with Crippen molar-refractivity contribution < 1.29 is 58.6 Å².